The summed E-state index contributed by atoms with van der Waals surface area (Å²) in [4.78, 5) is 10.5. The number of hydrogen-bond donors (Lipinski definition) is 1. The van der Waals surface area contributed by atoms with Crippen LogP contribution in [0.25, 0.3) is 0 Å². The highest BCUT2D eigenvalue weighted by atomic mass is 32.2. The van der Waals surface area contributed by atoms with E-state index < -0.39 is 14.9 Å². The van der Waals surface area contributed by atoms with Crippen molar-refractivity contribution in [3.8, 4) is 0 Å². The van der Waals surface area contributed by atoms with Crippen LogP contribution in [-0.2, 0) is 21.4 Å². The lowest BCUT2D eigenvalue weighted by atomic mass is 10.0. The van der Waals surface area contributed by atoms with E-state index >= 15 is 0 Å². The lowest BCUT2D eigenvalue weighted by molar-refractivity contribution is -0.384. The minimum Gasteiger partial charge on any atom is -0.382 e. The predicted octanol–water partition coefficient (Wildman–Crippen LogP) is 2.11. The summed E-state index contributed by atoms with van der Waals surface area (Å²) in [6, 6.07) is 4.81. The number of nitro benzene ring substituents is 1. The van der Waals surface area contributed by atoms with Crippen LogP contribution in [0.2, 0.25) is 0 Å². The molecule has 2 fully saturated rings. The normalized spacial score (nSPS) is 19.7. The topological polar surface area (TPSA) is 102 Å². The molecule has 1 N–H and O–H groups in total. The number of sulfonamides is 1. The van der Waals surface area contributed by atoms with Crippen LogP contribution in [0.4, 0.5) is 11.4 Å². The first-order valence-corrected chi connectivity index (χ1v) is 9.94. The monoisotopic (exact) mass is 369 g/mol. The second kappa shape index (κ2) is 7.27. The molecule has 3 rings (SSSR count). The number of ether oxygens (including phenoxy) is 1. The molecule has 138 valence electrons. The number of benzene rings is 1. The number of rotatable bonds is 7. The van der Waals surface area contributed by atoms with Crippen molar-refractivity contribution in [1.82, 2.24) is 4.31 Å². The van der Waals surface area contributed by atoms with Crippen molar-refractivity contribution in [2.75, 3.05) is 25.5 Å². The van der Waals surface area contributed by atoms with Gasteiger partial charge in [0.15, 0.2) is 0 Å². The molecule has 1 saturated heterocycles. The van der Waals surface area contributed by atoms with Gasteiger partial charge in [0, 0.05) is 49.6 Å². The van der Waals surface area contributed by atoms with Gasteiger partial charge in [-0.3, -0.25) is 10.1 Å². The van der Waals surface area contributed by atoms with Crippen molar-refractivity contribution >= 4 is 21.4 Å². The molecule has 1 aliphatic heterocycles. The number of nitro groups is 1. The molecular formula is C16H23N3O5S. The first kappa shape index (κ1) is 18.1. The summed E-state index contributed by atoms with van der Waals surface area (Å²) in [5.41, 5.74) is 1.56. The van der Waals surface area contributed by atoms with Gasteiger partial charge in [0.25, 0.3) is 5.69 Å². The Balaban J connectivity index is 1.64. The van der Waals surface area contributed by atoms with E-state index in [2.05, 4.69) is 5.32 Å². The van der Waals surface area contributed by atoms with E-state index in [1.54, 1.807) is 17.5 Å². The van der Waals surface area contributed by atoms with Crippen molar-refractivity contribution in [3.05, 3.63) is 33.9 Å². The Morgan fingerprint density at radius 1 is 1.28 bits per heavy atom. The van der Waals surface area contributed by atoms with Gasteiger partial charge in [-0.05, 0) is 31.7 Å². The quantitative estimate of drug-likeness (QED) is 0.583. The van der Waals surface area contributed by atoms with Crippen molar-refractivity contribution in [2.24, 2.45) is 0 Å². The van der Waals surface area contributed by atoms with E-state index in [1.165, 1.54) is 12.1 Å². The molecule has 0 radical (unpaired) electrons. The molecule has 1 aromatic carbocycles. The lowest BCUT2D eigenvalue weighted by Crippen LogP contribution is -2.43. The largest absolute Gasteiger partial charge is 0.382 e. The highest BCUT2D eigenvalue weighted by Crippen LogP contribution is 2.33. The summed E-state index contributed by atoms with van der Waals surface area (Å²) in [6.45, 7) is 1.31. The lowest BCUT2D eigenvalue weighted by Gasteiger charge is -2.32. The number of nitrogens with one attached hydrogen (secondary N) is 1. The Morgan fingerprint density at radius 2 is 1.96 bits per heavy atom. The van der Waals surface area contributed by atoms with Gasteiger partial charge in [-0.15, -0.1) is 0 Å². The third-order valence-corrected chi connectivity index (χ3v) is 7.12. The van der Waals surface area contributed by atoms with Gasteiger partial charge in [-0.2, -0.15) is 0 Å². The van der Waals surface area contributed by atoms with Crippen LogP contribution in [0.5, 0.6) is 0 Å². The Bertz CT molecular complexity index is 740. The van der Waals surface area contributed by atoms with Crippen LogP contribution in [0, 0.1) is 10.1 Å². The predicted molar refractivity (Wildman–Crippen MR) is 94.0 cm³/mol. The second-order valence-corrected chi connectivity index (χ2v) is 8.81. The first-order valence-electron chi connectivity index (χ1n) is 8.43. The van der Waals surface area contributed by atoms with Crippen molar-refractivity contribution in [3.63, 3.8) is 0 Å². The molecule has 25 heavy (non-hydrogen) atoms. The molecule has 1 aromatic rings. The highest BCUT2D eigenvalue weighted by molar-refractivity contribution is 7.90. The zero-order valence-electron chi connectivity index (χ0n) is 14.2. The Morgan fingerprint density at radius 3 is 2.52 bits per heavy atom. The number of methoxy groups -OCH3 is 1. The Labute approximate surface area is 147 Å². The number of piperidine rings is 1. The average molecular weight is 369 g/mol. The van der Waals surface area contributed by atoms with E-state index in [-0.39, 0.29) is 23.6 Å². The number of hydrogen-bond acceptors (Lipinski definition) is 6. The molecule has 0 spiro atoms. The molecule has 0 aromatic heterocycles. The summed E-state index contributed by atoms with van der Waals surface area (Å²) in [5, 5.41) is 14.2. The summed E-state index contributed by atoms with van der Waals surface area (Å²) < 4.78 is 31.3. The van der Waals surface area contributed by atoms with Gasteiger partial charge in [0.1, 0.15) is 0 Å². The summed E-state index contributed by atoms with van der Waals surface area (Å²) in [7, 11) is -1.56. The van der Waals surface area contributed by atoms with E-state index in [1.807, 2.05) is 0 Å². The molecule has 0 amide bonds. The van der Waals surface area contributed by atoms with Gasteiger partial charge in [-0.25, -0.2) is 12.7 Å². The SMILES string of the molecule is COCc1cc([N+](=O)[O-])ccc1NC1CCN(S(=O)(=O)C2CC2)CC1. The van der Waals surface area contributed by atoms with Crippen LogP contribution in [0.1, 0.15) is 31.2 Å². The van der Waals surface area contributed by atoms with E-state index in [0.717, 1.165) is 36.9 Å². The molecule has 9 heteroatoms. The van der Waals surface area contributed by atoms with Crippen LogP contribution < -0.4 is 5.32 Å². The van der Waals surface area contributed by atoms with E-state index in [9.17, 15) is 18.5 Å². The second-order valence-electron chi connectivity index (χ2n) is 6.59. The fourth-order valence-electron chi connectivity index (χ4n) is 3.16. The third-order valence-electron chi connectivity index (χ3n) is 4.72. The third kappa shape index (κ3) is 4.10. The fraction of sp³-hybridized carbons (Fsp3) is 0.625. The number of non-ortho nitro benzene ring substituents is 1. The highest BCUT2D eigenvalue weighted by Gasteiger charge is 2.41. The van der Waals surface area contributed by atoms with Crippen LogP contribution in [-0.4, -0.2) is 49.1 Å². The summed E-state index contributed by atoms with van der Waals surface area (Å²) >= 11 is 0. The molecule has 0 atom stereocenters. The maximum atomic E-state index is 12.3. The van der Waals surface area contributed by atoms with Crippen LogP contribution in [0.15, 0.2) is 18.2 Å². The van der Waals surface area contributed by atoms with Gasteiger partial charge >= 0.3 is 0 Å². The van der Waals surface area contributed by atoms with E-state index in [4.69, 9.17) is 4.74 Å². The molecule has 8 nitrogen and oxygen atoms in total. The standard InChI is InChI=1S/C16H23N3O5S/c1-24-11-12-10-14(19(20)21)2-5-16(12)17-13-6-8-18(9-7-13)25(22,23)15-3-4-15/h2,5,10,13,15,17H,3-4,6-9,11H2,1H3. The minimum atomic E-state index is -3.11. The molecular weight excluding hydrogens is 346 g/mol. The van der Waals surface area contributed by atoms with Crippen molar-refractivity contribution in [1.29, 1.82) is 0 Å². The first-order chi connectivity index (χ1) is 11.9. The van der Waals surface area contributed by atoms with Gasteiger partial charge in [-0.1, -0.05) is 0 Å². The maximum absolute atomic E-state index is 12.3. The number of anilines is 1. The fourth-order valence-corrected chi connectivity index (χ4v) is 5.03. The maximum Gasteiger partial charge on any atom is 0.269 e. The molecule has 1 saturated carbocycles. The minimum absolute atomic E-state index is 0.0305. The van der Waals surface area contributed by atoms with Crippen molar-refractivity contribution < 1.29 is 18.1 Å². The molecule has 1 heterocycles. The molecule has 2 aliphatic rings. The number of nitrogens with zero attached hydrogens (tertiary/aromatic N) is 2. The molecule has 0 bridgehead atoms. The zero-order chi connectivity index (χ0) is 18.0. The summed E-state index contributed by atoms with van der Waals surface area (Å²) in [5.74, 6) is 0. The van der Waals surface area contributed by atoms with Gasteiger partial charge in [0.05, 0.1) is 16.8 Å². The molecule has 0 unspecified atom stereocenters. The smallest absolute Gasteiger partial charge is 0.269 e. The zero-order valence-corrected chi connectivity index (χ0v) is 15.0. The Hall–Kier alpha value is -1.71. The Kier molecular flexibility index (Phi) is 5.26. The molecule has 1 aliphatic carbocycles. The van der Waals surface area contributed by atoms with Crippen LogP contribution in [0.3, 0.4) is 0 Å². The van der Waals surface area contributed by atoms with E-state index in [0.29, 0.717) is 13.1 Å². The van der Waals surface area contributed by atoms with Gasteiger partial charge in [0.2, 0.25) is 10.0 Å². The summed E-state index contributed by atoms with van der Waals surface area (Å²) in [6.07, 6.45) is 3.00. The van der Waals surface area contributed by atoms with Crippen molar-refractivity contribution in [2.45, 2.75) is 43.6 Å². The average Bonchev–Trinajstić information content (AvgIpc) is 3.42. The van der Waals surface area contributed by atoms with Crippen LogP contribution >= 0.6 is 0 Å². The van der Waals surface area contributed by atoms with Gasteiger partial charge < -0.3 is 10.1 Å².